The molecule has 0 bridgehead atoms. The summed E-state index contributed by atoms with van der Waals surface area (Å²) in [6, 6.07) is 7.54. The molecule has 0 spiro atoms. The standard InChI is InChI=1S/C18H27N3O2.ClH/c1-13(2)10-16(22)21-15-7-5-6-14(11-15)12-20-17(23)18(19)8-3-4-9-18;/h5-7,11,13H,3-4,8-10,12,19H2,1-2H3,(H,20,23)(H,21,22);1H. The number of hydrogen-bond acceptors (Lipinski definition) is 3. The van der Waals surface area contributed by atoms with Gasteiger partial charge in [0.25, 0.3) is 0 Å². The van der Waals surface area contributed by atoms with Gasteiger partial charge >= 0.3 is 0 Å². The molecule has 0 radical (unpaired) electrons. The summed E-state index contributed by atoms with van der Waals surface area (Å²) < 4.78 is 0. The van der Waals surface area contributed by atoms with Crippen LogP contribution in [0.4, 0.5) is 5.69 Å². The Morgan fingerprint density at radius 3 is 2.54 bits per heavy atom. The third-order valence-corrected chi connectivity index (χ3v) is 4.21. The van der Waals surface area contributed by atoms with Gasteiger partial charge in [0.05, 0.1) is 5.54 Å². The second-order valence-electron chi connectivity index (χ2n) is 6.89. The third-order valence-electron chi connectivity index (χ3n) is 4.21. The highest BCUT2D eigenvalue weighted by atomic mass is 35.5. The summed E-state index contributed by atoms with van der Waals surface area (Å²) in [5.41, 5.74) is 7.14. The van der Waals surface area contributed by atoms with Crippen LogP contribution in [-0.2, 0) is 16.1 Å². The molecule has 0 heterocycles. The summed E-state index contributed by atoms with van der Waals surface area (Å²) in [7, 11) is 0. The molecule has 2 rings (SSSR count). The van der Waals surface area contributed by atoms with Gasteiger partial charge in [0, 0.05) is 18.7 Å². The van der Waals surface area contributed by atoms with E-state index in [1.165, 1.54) is 0 Å². The van der Waals surface area contributed by atoms with E-state index in [-0.39, 0.29) is 24.2 Å². The van der Waals surface area contributed by atoms with E-state index >= 15 is 0 Å². The molecule has 1 aliphatic carbocycles. The predicted octanol–water partition coefficient (Wildman–Crippen LogP) is 2.98. The van der Waals surface area contributed by atoms with Crippen molar-refractivity contribution < 1.29 is 9.59 Å². The number of halogens is 1. The van der Waals surface area contributed by atoms with Crippen LogP contribution >= 0.6 is 12.4 Å². The van der Waals surface area contributed by atoms with Crippen molar-refractivity contribution in [2.45, 2.75) is 58.0 Å². The van der Waals surface area contributed by atoms with Gasteiger partial charge in [-0.1, -0.05) is 38.8 Å². The molecule has 4 N–H and O–H groups in total. The number of benzene rings is 1. The highest BCUT2D eigenvalue weighted by Crippen LogP contribution is 2.27. The van der Waals surface area contributed by atoms with Crippen molar-refractivity contribution in [3.63, 3.8) is 0 Å². The van der Waals surface area contributed by atoms with Crippen LogP contribution in [0.25, 0.3) is 0 Å². The molecule has 1 fully saturated rings. The van der Waals surface area contributed by atoms with Gasteiger partial charge in [-0.2, -0.15) is 0 Å². The van der Waals surface area contributed by atoms with Gasteiger partial charge in [-0.25, -0.2) is 0 Å². The summed E-state index contributed by atoms with van der Waals surface area (Å²) in [6.45, 7) is 4.44. The minimum absolute atomic E-state index is 0. The topological polar surface area (TPSA) is 84.2 Å². The summed E-state index contributed by atoms with van der Waals surface area (Å²) in [6.07, 6.45) is 4.04. The van der Waals surface area contributed by atoms with E-state index in [1.54, 1.807) is 0 Å². The van der Waals surface area contributed by atoms with Gasteiger partial charge in [-0.3, -0.25) is 9.59 Å². The van der Waals surface area contributed by atoms with E-state index in [1.807, 2.05) is 38.1 Å². The number of carbonyl (C=O) groups excluding carboxylic acids is 2. The average molecular weight is 354 g/mol. The predicted molar refractivity (Wildman–Crippen MR) is 99.0 cm³/mol. The molecule has 24 heavy (non-hydrogen) atoms. The maximum atomic E-state index is 12.2. The average Bonchev–Trinajstić information content (AvgIpc) is 2.92. The van der Waals surface area contributed by atoms with Crippen molar-refractivity contribution in [1.82, 2.24) is 5.32 Å². The Bertz CT molecular complexity index is 569. The summed E-state index contributed by atoms with van der Waals surface area (Å²) >= 11 is 0. The van der Waals surface area contributed by atoms with Crippen molar-refractivity contribution in [3.05, 3.63) is 29.8 Å². The number of carbonyl (C=O) groups is 2. The first-order valence-electron chi connectivity index (χ1n) is 8.35. The van der Waals surface area contributed by atoms with Crippen LogP contribution in [0, 0.1) is 5.92 Å². The van der Waals surface area contributed by atoms with Crippen LogP contribution in [0.15, 0.2) is 24.3 Å². The Balaban J connectivity index is 0.00000288. The van der Waals surface area contributed by atoms with Crippen LogP contribution in [0.2, 0.25) is 0 Å². The SMILES string of the molecule is CC(C)CC(=O)Nc1cccc(CNC(=O)C2(N)CCCC2)c1.Cl. The number of nitrogens with two attached hydrogens (primary N) is 1. The van der Waals surface area contributed by atoms with E-state index in [0.29, 0.717) is 18.9 Å². The molecule has 134 valence electrons. The van der Waals surface area contributed by atoms with E-state index < -0.39 is 5.54 Å². The number of amides is 2. The fraction of sp³-hybridized carbons (Fsp3) is 0.556. The highest BCUT2D eigenvalue weighted by molar-refractivity contribution is 5.91. The quantitative estimate of drug-likeness (QED) is 0.735. The van der Waals surface area contributed by atoms with Crippen LogP contribution in [0.5, 0.6) is 0 Å². The number of anilines is 1. The van der Waals surface area contributed by atoms with Gasteiger partial charge in [0.1, 0.15) is 0 Å². The van der Waals surface area contributed by atoms with Crippen molar-refractivity contribution >= 4 is 29.9 Å². The molecular formula is C18H28ClN3O2. The Labute approximate surface area is 150 Å². The van der Waals surface area contributed by atoms with Crippen molar-refractivity contribution in [2.24, 2.45) is 11.7 Å². The van der Waals surface area contributed by atoms with E-state index in [4.69, 9.17) is 5.73 Å². The highest BCUT2D eigenvalue weighted by Gasteiger charge is 2.36. The molecule has 0 atom stereocenters. The molecule has 1 aliphatic rings. The fourth-order valence-corrected chi connectivity index (χ4v) is 2.93. The third kappa shape index (κ3) is 5.80. The Kier molecular flexibility index (Phi) is 7.70. The zero-order valence-corrected chi connectivity index (χ0v) is 15.2. The lowest BCUT2D eigenvalue weighted by molar-refractivity contribution is -0.126. The van der Waals surface area contributed by atoms with Gasteiger partial charge < -0.3 is 16.4 Å². The maximum Gasteiger partial charge on any atom is 0.240 e. The van der Waals surface area contributed by atoms with E-state index in [2.05, 4.69) is 10.6 Å². The molecule has 1 aromatic carbocycles. The summed E-state index contributed by atoms with van der Waals surface area (Å²) in [4.78, 5) is 24.0. The molecule has 1 aromatic rings. The Morgan fingerprint density at radius 1 is 1.25 bits per heavy atom. The molecule has 0 aromatic heterocycles. The first kappa shape index (κ1) is 20.5. The molecule has 0 unspecified atom stereocenters. The zero-order valence-electron chi connectivity index (χ0n) is 14.4. The summed E-state index contributed by atoms with van der Waals surface area (Å²) in [5.74, 6) is 0.252. The van der Waals surface area contributed by atoms with E-state index in [0.717, 1.165) is 36.9 Å². The lowest BCUT2D eigenvalue weighted by Gasteiger charge is -2.22. The van der Waals surface area contributed by atoms with Gasteiger partial charge in [-0.15, -0.1) is 12.4 Å². The number of hydrogen-bond donors (Lipinski definition) is 3. The Morgan fingerprint density at radius 2 is 1.92 bits per heavy atom. The molecule has 2 amide bonds. The molecule has 6 heteroatoms. The van der Waals surface area contributed by atoms with Gasteiger partial charge in [0.2, 0.25) is 11.8 Å². The van der Waals surface area contributed by atoms with Gasteiger partial charge in [0.15, 0.2) is 0 Å². The van der Waals surface area contributed by atoms with E-state index in [9.17, 15) is 9.59 Å². The maximum absolute atomic E-state index is 12.2. The smallest absolute Gasteiger partial charge is 0.240 e. The lowest BCUT2D eigenvalue weighted by Crippen LogP contribution is -2.51. The number of nitrogens with one attached hydrogen (secondary N) is 2. The Hall–Kier alpha value is -1.59. The van der Waals surface area contributed by atoms with Crippen LogP contribution < -0.4 is 16.4 Å². The van der Waals surface area contributed by atoms with Crippen LogP contribution in [0.3, 0.4) is 0 Å². The molecule has 0 aliphatic heterocycles. The minimum Gasteiger partial charge on any atom is -0.350 e. The molecule has 1 saturated carbocycles. The molecule has 0 saturated heterocycles. The zero-order chi connectivity index (χ0) is 16.9. The first-order chi connectivity index (χ1) is 10.9. The van der Waals surface area contributed by atoms with Crippen molar-refractivity contribution in [3.8, 4) is 0 Å². The number of rotatable bonds is 6. The molecular weight excluding hydrogens is 326 g/mol. The second-order valence-corrected chi connectivity index (χ2v) is 6.89. The second kappa shape index (κ2) is 9.04. The normalized spacial score (nSPS) is 15.7. The largest absolute Gasteiger partial charge is 0.350 e. The molecule has 5 nitrogen and oxygen atoms in total. The van der Waals surface area contributed by atoms with Crippen LogP contribution in [-0.4, -0.2) is 17.4 Å². The first-order valence-corrected chi connectivity index (χ1v) is 8.35. The van der Waals surface area contributed by atoms with Crippen LogP contribution in [0.1, 0.15) is 51.5 Å². The monoisotopic (exact) mass is 353 g/mol. The lowest BCUT2D eigenvalue weighted by atomic mass is 9.98. The minimum atomic E-state index is -0.705. The fourth-order valence-electron chi connectivity index (χ4n) is 2.93. The summed E-state index contributed by atoms with van der Waals surface area (Å²) in [5, 5.41) is 5.81. The van der Waals surface area contributed by atoms with Crippen molar-refractivity contribution in [1.29, 1.82) is 0 Å². The van der Waals surface area contributed by atoms with Crippen molar-refractivity contribution in [2.75, 3.05) is 5.32 Å². The van der Waals surface area contributed by atoms with Gasteiger partial charge in [-0.05, 0) is 36.5 Å².